The SMILES string of the molecule is O=C(Nc1ccc(C#Cc2ccc(NC(=O)[C@@H]3CCCN3C(=O)Oc3ccccc3)cc2)cc1)[C@@H]1CCCN1C(=O)Cc1ccccc1. The van der Waals surface area contributed by atoms with E-state index in [2.05, 4.69) is 22.5 Å². The van der Waals surface area contributed by atoms with Gasteiger partial charge in [-0.1, -0.05) is 60.4 Å². The fourth-order valence-corrected chi connectivity index (χ4v) is 5.98. The third kappa shape index (κ3) is 8.09. The molecule has 0 saturated carbocycles. The molecule has 6 rings (SSSR count). The molecule has 2 aliphatic heterocycles. The highest BCUT2D eigenvalue weighted by Crippen LogP contribution is 2.23. The number of hydrogen-bond acceptors (Lipinski definition) is 5. The predicted molar refractivity (Wildman–Crippen MR) is 183 cm³/mol. The first-order valence-electron chi connectivity index (χ1n) is 16.1. The number of para-hydroxylation sites is 1. The summed E-state index contributed by atoms with van der Waals surface area (Å²) in [5.41, 5.74) is 3.72. The second-order valence-electron chi connectivity index (χ2n) is 11.8. The number of likely N-dealkylation sites (tertiary alicyclic amines) is 2. The Morgan fingerprint density at radius 2 is 1.10 bits per heavy atom. The Bertz CT molecular complexity index is 1680. The van der Waals surface area contributed by atoms with Crippen molar-refractivity contribution in [3.05, 3.63) is 126 Å². The van der Waals surface area contributed by atoms with Crippen LogP contribution in [-0.2, 0) is 20.8 Å². The molecule has 0 spiro atoms. The Balaban J connectivity index is 0.995. The van der Waals surface area contributed by atoms with Crippen LogP contribution in [0.5, 0.6) is 5.75 Å². The van der Waals surface area contributed by atoms with Crippen molar-refractivity contribution in [2.45, 2.75) is 44.2 Å². The number of benzene rings is 4. The van der Waals surface area contributed by atoms with Crippen LogP contribution >= 0.6 is 0 Å². The van der Waals surface area contributed by atoms with E-state index in [-0.39, 0.29) is 24.1 Å². The van der Waals surface area contributed by atoms with E-state index in [4.69, 9.17) is 4.74 Å². The molecule has 0 bridgehead atoms. The Hall–Kier alpha value is -5.88. The van der Waals surface area contributed by atoms with Crippen LogP contribution in [0.4, 0.5) is 16.2 Å². The molecule has 2 heterocycles. The zero-order valence-electron chi connectivity index (χ0n) is 26.4. The highest BCUT2D eigenvalue weighted by atomic mass is 16.6. The first-order valence-corrected chi connectivity index (χ1v) is 16.1. The van der Waals surface area contributed by atoms with Gasteiger partial charge in [-0.2, -0.15) is 0 Å². The van der Waals surface area contributed by atoms with E-state index in [1.807, 2.05) is 60.7 Å². The molecule has 4 amide bonds. The molecule has 2 N–H and O–H groups in total. The van der Waals surface area contributed by atoms with Crippen LogP contribution < -0.4 is 15.4 Å². The van der Waals surface area contributed by atoms with Crippen LogP contribution in [0.3, 0.4) is 0 Å². The van der Waals surface area contributed by atoms with Gasteiger partial charge in [0.05, 0.1) is 6.42 Å². The summed E-state index contributed by atoms with van der Waals surface area (Å²) < 4.78 is 5.44. The third-order valence-corrected chi connectivity index (χ3v) is 8.47. The quantitative estimate of drug-likeness (QED) is 0.246. The highest BCUT2D eigenvalue weighted by Gasteiger charge is 2.36. The number of rotatable bonds is 7. The molecular weight excluding hydrogens is 604 g/mol. The number of amides is 4. The smallest absolute Gasteiger partial charge is 0.410 e. The van der Waals surface area contributed by atoms with Gasteiger partial charge in [0.1, 0.15) is 17.8 Å². The summed E-state index contributed by atoms with van der Waals surface area (Å²) in [6, 6.07) is 31.7. The van der Waals surface area contributed by atoms with Gasteiger partial charge in [0, 0.05) is 35.6 Å². The second-order valence-corrected chi connectivity index (χ2v) is 11.8. The normalized spacial score (nSPS) is 16.8. The van der Waals surface area contributed by atoms with Crippen molar-refractivity contribution in [2.75, 3.05) is 23.7 Å². The molecule has 2 aliphatic rings. The van der Waals surface area contributed by atoms with Gasteiger partial charge in [0.15, 0.2) is 0 Å². The number of anilines is 2. The summed E-state index contributed by atoms with van der Waals surface area (Å²) in [7, 11) is 0. The molecule has 0 radical (unpaired) electrons. The van der Waals surface area contributed by atoms with E-state index >= 15 is 0 Å². The molecule has 242 valence electrons. The maximum Gasteiger partial charge on any atom is 0.415 e. The minimum absolute atomic E-state index is 0.0403. The Labute approximate surface area is 279 Å². The number of ether oxygens (including phenoxy) is 1. The third-order valence-electron chi connectivity index (χ3n) is 8.47. The maximum absolute atomic E-state index is 13.1. The van der Waals surface area contributed by atoms with Crippen LogP contribution in [0.2, 0.25) is 0 Å². The van der Waals surface area contributed by atoms with Gasteiger partial charge in [-0.15, -0.1) is 0 Å². The monoisotopic (exact) mass is 640 g/mol. The van der Waals surface area contributed by atoms with E-state index < -0.39 is 18.2 Å². The van der Waals surface area contributed by atoms with Gasteiger partial charge in [-0.05, 0) is 91.9 Å². The van der Waals surface area contributed by atoms with Crippen molar-refractivity contribution in [1.29, 1.82) is 0 Å². The van der Waals surface area contributed by atoms with Crippen LogP contribution in [0, 0.1) is 11.8 Å². The van der Waals surface area contributed by atoms with E-state index in [1.165, 1.54) is 4.90 Å². The molecule has 2 fully saturated rings. The molecular formula is C39H36N4O5. The van der Waals surface area contributed by atoms with Gasteiger partial charge < -0.3 is 20.3 Å². The predicted octanol–water partition coefficient (Wildman–Crippen LogP) is 5.86. The Kier molecular flexibility index (Phi) is 10.1. The second kappa shape index (κ2) is 15.1. The molecule has 4 aromatic carbocycles. The van der Waals surface area contributed by atoms with Crippen molar-refractivity contribution in [3.63, 3.8) is 0 Å². The van der Waals surface area contributed by atoms with Crippen molar-refractivity contribution in [2.24, 2.45) is 0 Å². The minimum atomic E-state index is -0.604. The van der Waals surface area contributed by atoms with Gasteiger partial charge in [-0.25, -0.2) is 4.79 Å². The lowest BCUT2D eigenvalue weighted by atomic mass is 10.1. The minimum Gasteiger partial charge on any atom is -0.410 e. The van der Waals surface area contributed by atoms with Crippen molar-refractivity contribution < 1.29 is 23.9 Å². The molecule has 9 heteroatoms. The number of nitrogens with one attached hydrogen (secondary N) is 2. The average molecular weight is 641 g/mol. The van der Waals surface area contributed by atoms with Crippen molar-refractivity contribution >= 4 is 35.2 Å². The Morgan fingerprint density at radius 3 is 1.65 bits per heavy atom. The number of carbonyl (C=O) groups excluding carboxylic acids is 4. The lowest BCUT2D eigenvalue weighted by Crippen LogP contribution is -2.44. The largest absolute Gasteiger partial charge is 0.415 e. The molecule has 2 saturated heterocycles. The molecule has 0 aliphatic carbocycles. The van der Waals surface area contributed by atoms with Gasteiger partial charge in [0.2, 0.25) is 17.7 Å². The summed E-state index contributed by atoms with van der Waals surface area (Å²) in [4.78, 5) is 54.9. The number of nitrogens with zero attached hydrogens (tertiary/aromatic N) is 2. The zero-order chi connectivity index (χ0) is 33.3. The van der Waals surface area contributed by atoms with Crippen molar-refractivity contribution in [3.8, 4) is 17.6 Å². The maximum atomic E-state index is 13.1. The summed E-state index contributed by atoms with van der Waals surface area (Å²) >= 11 is 0. The van der Waals surface area contributed by atoms with Crippen LogP contribution in [-0.4, -0.2) is 58.8 Å². The molecule has 0 unspecified atom stereocenters. The summed E-state index contributed by atoms with van der Waals surface area (Å²) in [6.07, 6.45) is 2.47. The molecule has 9 nitrogen and oxygen atoms in total. The van der Waals surface area contributed by atoms with Crippen LogP contribution in [0.15, 0.2) is 109 Å². The molecule has 2 atom stereocenters. The van der Waals surface area contributed by atoms with E-state index in [0.29, 0.717) is 43.1 Å². The first-order chi connectivity index (χ1) is 23.4. The van der Waals surface area contributed by atoms with Gasteiger partial charge >= 0.3 is 6.09 Å². The summed E-state index contributed by atoms with van der Waals surface area (Å²) in [6.45, 7) is 1.04. The standard InChI is InChI=1S/C39H36N4O5/c44-36(27-30-9-3-1-4-10-30)42-25-7-13-34(42)37(45)40-31-21-17-28(18-22-31)15-16-29-19-23-32(24-20-29)41-38(46)35-14-8-26-43(35)39(47)48-33-11-5-2-6-12-33/h1-6,9-12,17-24,34-35H,7-8,13-14,25-27H2,(H,40,45)(H,41,46)/t34-,35-/m0/s1. The number of carbonyl (C=O) groups is 4. The topological polar surface area (TPSA) is 108 Å². The number of hydrogen-bond donors (Lipinski definition) is 2. The summed E-state index contributed by atoms with van der Waals surface area (Å²) in [5, 5.41) is 5.85. The first kappa shape index (κ1) is 32.1. The Morgan fingerprint density at radius 1 is 0.625 bits per heavy atom. The van der Waals surface area contributed by atoms with Crippen molar-refractivity contribution in [1.82, 2.24) is 9.80 Å². The molecule has 48 heavy (non-hydrogen) atoms. The van der Waals surface area contributed by atoms with E-state index in [0.717, 1.165) is 29.5 Å². The highest BCUT2D eigenvalue weighted by molar-refractivity contribution is 5.98. The molecule has 0 aromatic heterocycles. The van der Waals surface area contributed by atoms with E-state index in [9.17, 15) is 19.2 Å². The lowest BCUT2D eigenvalue weighted by molar-refractivity contribution is -0.136. The van der Waals surface area contributed by atoms with E-state index in [1.54, 1.807) is 53.4 Å². The van der Waals surface area contributed by atoms with Crippen LogP contribution in [0.25, 0.3) is 0 Å². The molecule has 4 aromatic rings. The fraction of sp³-hybridized carbons (Fsp3) is 0.231. The lowest BCUT2D eigenvalue weighted by Gasteiger charge is -2.24. The van der Waals surface area contributed by atoms with Crippen LogP contribution in [0.1, 0.15) is 42.4 Å². The zero-order valence-corrected chi connectivity index (χ0v) is 26.4. The summed E-state index contributed by atoms with van der Waals surface area (Å²) in [5.74, 6) is 6.19. The fourth-order valence-electron chi connectivity index (χ4n) is 5.98. The van der Waals surface area contributed by atoms with Gasteiger partial charge in [0.25, 0.3) is 0 Å². The van der Waals surface area contributed by atoms with Gasteiger partial charge in [-0.3, -0.25) is 19.3 Å². The average Bonchev–Trinajstić information content (AvgIpc) is 3.81.